The molecule has 128 valence electrons. The van der Waals surface area contributed by atoms with Crippen LogP contribution in [0.25, 0.3) is 10.9 Å². The number of fused-ring (bicyclic) bond motifs is 1. The van der Waals surface area contributed by atoms with Gasteiger partial charge in [0.2, 0.25) is 5.91 Å². The molecule has 0 fully saturated rings. The fourth-order valence-electron chi connectivity index (χ4n) is 2.60. The summed E-state index contributed by atoms with van der Waals surface area (Å²) < 4.78 is 0. The van der Waals surface area contributed by atoms with Gasteiger partial charge in [0, 0.05) is 24.3 Å². The molecule has 0 saturated heterocycles. The van der Waals surface area contributed by atoms with Gasteiger partial charge in [-0.2, -0.15) is 0 Å². The summed E-state index contributed by atoms with van der Waals surface area (Å²) in [5.74, 6) is 0.699. The van der Waals surface area contributed by atoms with Crippen LogP contribution in [0.1, 0.15) is 19.4 Å². The van der Waals surface area contributed by atoms with Crippen molar-refractivity contribution in [2.45, 2.75) is 26.4 Å². The predicted molar refractivity (Wildman–Crippen MR) is 97.9 cm³/mol. The standard InChI is InChI=1S/C19H21N5O/c1-13(2)17(19(25)21-11-14-6-5-9-20-10-14)24-18-15-7-3-4-8-16(15)22-12-23-18/h3-10,12-13,17H,11H2,1-2H3,(H,21,25)(H,22,23,24). The number of nitrogens with zero attached hydrogens (tertiary/aromatic N) is 3. The summed E-state index contributed by atoms with van der Waals surface area (Å²) in [6.07, 6.45) is 4.97. The van der Waals surface area contributed by atoms with Crippen molar-refractivity contribution >= 4 is 22.6 Å². The van der Waals surface area contributed by atoms with Crippen molar-refractivity contribution in [3.63, 3.8) is 0 Å². The Hall–Kier alpha value is -3.02. The number of aromatic nitrogens is 3. The Bertz CT molecular complexity index is 845. The number of benzene rings is 1. The quantitative estimate of drug-likeness (QED) is 0.724. The summed E-state index contributed by atoms with van der Waals surface area (Å²) in [6, 6.07) is 11.1. The maximum absolute atomic E-state index is 12.7. The lowest BCUT2D eigenvalue weighted by atomic mass is 10.0. The molecule has 0 bridgehead atoms. The lowest BCUT2D eigenvalue weighted by Gasteiger charge is -2.22. The monoisotopic (exact) mass is 335 g/mol. The Balaban J connectivity index is 1.75. The summed E-state index contributed by atoms with van der Waals surface area (Å²) in [7, 11) is 0. The summed E-state index contributed by atoms with van der Waals surface area (Å²) in [5.41, 5.74) is 1.81. The maximum Gasteiger partial charge on any atom is 0.243 e. The molecule has 2 heterocycles. The van der Waals surface area contributed by atoms with E-state index in [1.807, 2.05) is 50.2 Å². The van der Waals surface area contributed by atoms with E-state index in [2.05, 4.69) is 25.6 Å². The number of hydrogen-bond acceptors (Lipinski definition) is 5. The van der Waals surface area contributed by atoms with Crippen molar-refractivity contribution in [3.05, 3.63) is 60.7 Å². The molecule has 2 aromatic heterocycles. The molecule has 1 amide bonds. The Morgan fingerprint density at radius 2 is 1.96 bits per heavy atom. The van der Waals surface area contributed by atoms with Gasteiger partial charge in [0.1, 0.15) is 18.2 Å². The summed E-state index contributed by atoms with van der Waals surface area (Å²) in [6.45, 7) is 4.46. The fraction of sp³-hybridized carbons (Fsp3) is 0.263. The molecule has 0 aliphatic carbocycles. The second-order valence-electron chi connectivity index (χ2n) is 6.18. The summed E-state index contributed by atoms with van der Waals surface area (Å²) in [5, 5.41) is 7.14. The molecule has 1 unspecified atom stereocenters. The molecule has 0 aliphatic rings. The summed E-state index contributed by atoms with van der Waals surface area (Å²) >= 11 is 0. The number of hydrogen-bond donors (Lipinski definition) is 2. The van der Waals surface area contributed by atoms with E-state index < -0.39 is 6.04 Å². The molecular formula is C19H21N5O. The number of carbonyl (C=O) groups excluding carboxylic acids is 1. The van der Waals surface area contributed by atoms with E-state index >= 15 is 0 Å². The van der Waals surface area contributed by atoms with Crippen LogP contribution in [0.15, 0.2) is 55.1 Å². The van der Waals surface area contributed by atoms with Crippen LogP contribution >= 0.6 is 0 Å². The number of nitrogens with one attached hydrogen (secondary N) is 2. The van der Waals surface area contributed by atoms with Gasteiger partial charge in [0.05, 0.1) is 5.52 Å². The van der Waals surface area contributed by atoms with Crippen LogP contribution in [-0.2, 0) is 11.3 Å². The normalized spacial score (nSPS) is 12.1. The first kappa shape index (κ1) is 16.8. The van der Waals surface area contributed by atoms with Crippen molar-refractivity contribution in [1.29, 1.82) is 0 Å². The van der Waals surface area contributed by atoms with Crippen LogP contribution in [0.3, 0.4) is 0 Å². The number of carbonyl (C=O) groups is 1. The highest BCUT2D eigenvalue weighted by Gasteiger charge is 2.23. The first-order valence-corrected chi connectivity index (χ1v) is 8.28. The highest BCUT2D eigenvalue weighted by molar-refractivity contribution is 5.92. The van der Waals surface area contributed by atoms with Gasteiger partial charge < -0.3 is 10.6 Å². The number of anilines is 1. The molecule has 3 aromatic rings. The third kappa shape index (κ3) is 4.09. The van der Waals surface area contributed by atoms with Gasteiger partial charge in [0.15, 0.2) is 0 Å². The molecule has 0 radical (unpaired) electrons. The molecule has 0 spiro atoms. The topological polar surface area (TPSA) is 79.8 Å². The molecule has 25 heavy (non-hydrogen) atoms. The zero-order chi connectivity index (χ0) is 17.6. The lowest BCUT2D eigenvalue weighted by molar-refractivity contribution is -0.122. The third-order valence-corrected chi connectivity index (χ3v) is 3.97. The van der Waals surface area contributed by atoms with Crippen LogP contribution < -0.4 is 10.6 Å². The van der Waals surface area contributed by atoms with Crippen LogP contribution in [-0.4, -0.2) is 26.9 Å². The van der Waals surface area contributed by atoms with Crippen molar-refractivity contribution < 1.29 is 4.79 Å². The van der Waals surface area contributed by atoms with Gasteiger partial charge in [-0.15, -0.1) is 0 Å². The molecule has 6 nitrogen and oxygen atoms in total. The molecule has 1 atom stereocenters. The van der Waals surface area contributed by atoms with E-state index in [4.69, 9.17) is 0 Å². The second kappa shape index (κ2) is 7.70. The minimum absolute atomic E-state index is 0.0680. The summed E-state index contributed by atoms with van der Waals surface area (Å²) in [4.78, 5) is 25.3. The average molecular weight is 335 g/mol. The third-order valence-electron chi connectivity index (χ3n) is 3.97. The van der Waals surface area contributed by atoms with E-state index in [1.54, 1.807) is 12.4 Å². The number of para-hydroxylation sites is 1. The maximum atomic E-state index is 12.7. The molecule has 1 aromatic carbocycles. The van der Waals surface area contributed by atoms with E-state index in [9.17, 15) is 4.79 Å². The van der Waals surface area contributed by atoms with Crippen molar-refractivity contribution in [2.24, 2.45) is 5.92 Å². The van der Waals surface area contributed by atoms with Crippen molar-refractivity contribution in [2.75, 3.05) is 5.32 Å². The number of amides is 1. The van der Waals surface area contributed by atoms with E-state index in [1.165, 1.54) is 6.33 Å². The number of rotatable bonds is 6. The lowest BCUT2D eigenvalue weighted by Crippen LogP contribution is -2.43. The highest BCUT2D eigenvalue weighted by atomic mass is 16.2. The van der Waals surface area contributed by atoms with Gasteiger partial charge in [-0.05, 0) is 29.7 Å². The zero-order valence-corrected chi connectivity index (χ0v) is 14.3. The average Bonchev–Trinajstić information content (AvgIpc) is 2.65. The Morgan fingerprint density at radius 1 is 1.12 bits per heavy atom. The largest absolute Gasteiger partial charge is 0.358 e. The van der Waals surface area contributed by atoms with Crippen LogP contribution in [0, 0.1) is 5.92 Å². The smallest absolute Gasteiger partial charge is 0.243 e. The minimum Gasteiger partial charge on any atom is -0.358 e. The molecule has 0 aliphatic heterocycles. The van der Waals surface area contributed by atoms with Gasteiger partial charge in [-0.25, -0.2) is 9.97 Å². The van der Waals surface area contributed by atoms with E-state index in [-0.39, 0.29) is 11.8 Å². The SMILES string of the molecule is CC(C)C(Nc1ncnc2ccccc12)C(=O)NCc1cccnc1. The van der Waals surface area contributed by atoms with Crippen molar-refractivity contribution in [3.8, 4) is 0 Å². The molecule has 6 heteroatoms. The van der Waals surface area contributed by atoms with Crippen LogP contribution in [0.5, 0.6) is 0 Å². The second-order valence-corrected chi connectivity index (χ2v) is 6.18. The van der Waals surface area contributed by atoms with Gasteiger partial charge in [0.25, 0.3) is 0 Å². The number of pyridine rings is 1. The molecule has 3 rings (SSSR count). The van der Waals surface area contributed by atoms with Crippen molar-refractivity contribution in [1.82, 2.24) is 20.3 Å². The minimum atomic E-state index is -0.394. The Morgan fingerprint density at radius 3 is 2.72 bits per heavy atom. The first-order chi connectivity index (χ1) is 12.1. The van der Waals surface area contributed by atoms with Gasteiger partial charge in [-0.1, -0.05) is 32.0 Å². The van der Waals surface area contributed by atoms with E-state index in [0.29, 0.717) is 12.4 Å². The van der Waals surface area contributed by atoms with Crippen LogP contribution in [0.2, 0.25) is 0 Å². The predicted octanol–water partition coefficient (Wildman–Crippen LogP) is 2.78. The molecular weight excluding hydrogens is 314 g/mol. The molecule has 2 N–H and O–H groups in total. The first-order valence-electron chi connectivity index (χ1n) is 8.28. The van der Waals surface area contributed by atoms with Gasteiger partial charge >= 0.3 is 0 Å². The Kier molecular flexibility index (Phi) is 5.18. The van der Waals surface area contributed by atoms with Crippen LogP contribution in [0.4, 0.5) is 5.82 Å². The Labute approximate surface area is 146 Å². The fourth-order valence-corrected chi connectivity index (χ4v) is 2.60. The molecule has 0 saturated carbocycles. The van der Waals surface area contributed by atoms with E-state index in [0.717, 1.165) is 16.5 Å². The van der Waals surface area contributed by atoms with Gasteiger partial charge in [-0.3, -0.25) is 9.78 Å². The zero-order valence-electron chi connectivity index (χ0n) is 14.3. The highest BCUT2D eigenvalue weighted by Crippen LogP contribution is 2.20.